The topological polar surface area (TPSA) is 0 Å². The average molecular weight is 732 g/mol. The second-order valence-corrected chi connectivity index (χ2v) is 54.8. The number of hydrogen-bond donors (Lipinski definition) is 0. The monoisotopic (exact) mass is 729 g/mol. The normalized spacial score (nSPS) is 18.5. The molecule has 6 rings (SSSR count). The van der Waals surface area contributed by atoms with Gasteiger partial charge in [-0.05, 0) is 0 Å². The third-order valence-corrected chi connectivity index (χ3v) is 61.5. The van der Waals surface area contributed by atoms with Gasteiger partial charge in [-0.25, -0.2) is 0 Å². The Morgan fingerprint density at radius 3 is 1.30 bits per heavy atom. The summed E-state index contributed by atoms with van der Waals surface area (Å²) in [7, 11) is 16.7. The van der Waals surface area contributed by atoms with Crippen LogP contribution in [0.5, 0.6) is 0 Å². The van der Waals surface area contributed by atoms with E-state index in [0.29, 0.717) is 11.1 Å². The van der Waals surface area contributed by atoms with Gasteiger partial charge in [-0.1, -0.05) is 0 Å². The van der Waals surface area contributed by atoms with Crippen LogP contribution in [0.1, 0.15) is 56.2 Å². The summed E-state index contributed by atoms with van der Waals surface area (Å²) in [5, 5.41) is 0. The fraction of sp³-hybridized carbons (Fsp3) is 0.222. The van der Waals surface area contributed by atoms with Crippen molar-refractivity contribution in [3.8, 4) is 22.3 Å². The van der Waals surface area contributed by atoms with E-state index in [4.69, 9.17) is 17.0 Å². The summed E-state index contributed by atoms with van der Waals surface area (Å²) in [6.45, 7) is 8.71. The van der Waals surface area contributed by atoms with Crippen LogP contribution in [-0.2, 0) is 15.6 Å². The van der Waals surface area contributed by atoms with Gasteiger partial charge in [0.05, 0.1) is 0 Å². The third-order valence-electron chi connectivity index (χ3n) is 9.67. The third kappa shape index (κ3) is 4.96. The number of halogens is 6. The van der Waals surface area contributed by atoms with Gasteiger partial charge in [0.2, 0.25) is 0 Å². The van der Waals surface area contributed by atoms with Gasteiger partial charge < -0.3 is 0 Å². The van der Waals surface area contributed by atoms with Gasteiger partial charge in [0, 0.05) is 0 Å². The van der Waals surface area contributed by atoms with Crippen LogP contribution in [0.25, 0.3) is 34.4 Å². The molecule has 2 aliphatic rings. The van der Waals surface area contributed by atoms with Crippen molar-refractivity contribution in [3.63, 3.8) is 0 Å². The van der Waals surface area contributed by atoms with Gasteiger partial charge in [-0.3, -0.25) is 0 Å². The molecule has 0 aromatic heterocycles. The van der Waals surface area contributed by atoms with E-state index in [9.17, 15) is 17.6 Å². The van der Waals surface area contributed by atoms with Crippen molar-refractivity contribution in [3.05, 3.63) is 129 Å². The van der Waals surface area contributed by atoms with Crippen LogP contribution < -0.4 is 0 Å². The molecule has 0 saturated carbocycles. The summed E-state index contributed by atoms with van der Waals surface area (Å²) in [6.07, 6.45) is 5.75. The molecule has 0 amide bonds. The summed E-state index contributed by atoms with van der Waals surface area (Å²) >= 11 is -5.06. The molecule has 0 aliphatic heterocycles. The van der Waals surface area contributed by atoms with Crippen molar-refractivity contribution in [2.75, 3.05) is 0 Å². The minimum atomic E-state index is -5.06. The molecular formula is C36H33Cl2F4SiZr. The molecule has 0 spiro atoms. The average Bonchev–Trinajstić information content (AvgIpc) is 3.55. The van der Waals surface area contributed by atoms with Crippen LogP contribution in [-0.4, -0.2) is 5.92 Å². The minimum absolute atomic E-state index is 0.189. The standard InChI is InChI=1S/2C17H13F2.C2H7Si.2ClH.Zr/c2*1-2-11-6-12-4-3-5-16(17(12)7-11)13-8-14(18)10-15(19)9-13;1-3-2;;;/h2*3-10H,2H2,1H3;3H,1-2H3;2*1H;/q;;;;;+2/p-2. The number of allylic oxidation sites excluding steroid dienone is 2. The molecular weight excluding hydrogens is 699 g/mol. The summed E-state index contributed by atoms with van der Waals surface area (Å²) in [4.78, 5) is 0. The van der Waals surface area contributed by atoms with Crippen LogP contribution in [0.4, 0.5) is 17.6 Å². The van der Waals surface area contributed by atoms with Crippen molar-refractivity contribution >= 4 is 35.1 Å². The van der Waals surface area contributed by atoms with Crippen molar-refractivity contribution in [2.24, 2.45) is 0 Å². The van der Waals surface area contributed by atoms with Crippen molar-refractivity contribution < 1.29 is 33.1 Å². The molecule has 0 saturated heterocycles. The molecule has 2 unspecified atom stereocenters. The predicted octanol–water partition coefficient (Wildman–Crippen LogP) is 12.0. The zero-order valence-corrected chi connectivity index (χ0v) is 30.1. The first-order valence-corrected chi connectivity index (χ1v) is 31.4. The molecule has 2 aliphatic carbocycles. The van der Waals surface area contributed by atoms with E-state index in [1.165, 1.54) is 24.3 Å². The maximum absolute atomic E-state index is 14.3. The Kier molecular flexibility index (Phi) is 8.31. The van der Waals surface area contributed by atoms with Gasteiger partial charge >= 0.3 is 267 Å². The zero-order chi connectivity index (χ0) is 31.6. The number of benzene rings is 4. The zero-order valence-electron chi connectivity index (χ0n) is 25.0. The molecule has 0 bridgehead atoms. The summed E-state index contributed by atoms with van der Waals surface area (Å²) in [5.74, 6) is -4.35. The Balaban J connectivity index is 1.59. The summed E-state index contributed by atoms with van der Waals surface area (Å²) in [6, 6.07) is 19.0. The Morgan fingerprint density at radius 2 is 0.977 bits per heavy atom. The molecule has 0 radical (unpaired) electrons. The van der Waals surface area contributed by atoms with E-state index in [-0.39, 0.29) is 7.25 Å². The SMILES string of the molecule is CCC1=Cc2c(-c3cc(F)cc(F)c3)cccc2[CH]1[Zr]([Cl])([Cl])([CH]1C(CC)=Cc2c(-c3cc(F)cc(F)c3)cccc21)[SiH](C)C. The van der Waals surface area contributed by atoms with Crippen molar-refractivity contribution in [1.29, 1.82) is 0 Å². The maximum atomic E-state index is 14.3. The molecule has 227 valence electrons. The van der Waals surface area contributed by atoms with E-state index in [1.54, 1.807) is 0 Å². The Hall–Kier alpha value is -2.24. The summed E-state index contributed by atoms with van der Waals surface area (Å²) in [5.41, 5.74) is 8.61. The predicted molar refractivity (Wildman–Crippen MR) is 176 cm³/mol. The van der Waals surface area contributed by atoms with Crippen LogP contribution in [0.3, 0.4) is 0 Å². The molecule has 0 fully saturated rings. The van der Waals surface area contributed by atoms with E-state index >= 15 is 0 Å². The van der Waals surface area contributed by atoms with Crippen molar-refractivity contribution in [1.82, 2.24) is 0 Å². The van der Waals surface area contributed by atoms with Gasteiger partial charge in [0.1, 0.15) is 0 Å². The van der Waals surface area contributed by atoms with Gasteiger partial charge in [-0.2, -0.15) is 0 Å². The second-order valence-electron chi connectivity index (χ2n) is 12.3. The number of rotatable bonds is 7. The fourth-order valence-electron chi connectivity index (χ4n) is 7.60. The van der Waals surface area contributed by atoms with E-state index < -0.39 is 44.7 Å². The van der Waals surface area contributed by atoms with Crippen molar-refractivity contribution in [2.45, 2.75) is 47.0 Å². The first-order chi connectivity index (χ1) is 20.9. The van der Waals surface area contributed by atoms with Crippen LogP contribution in [0.15, 0.2) is 83.9 Å². The van der Waals surface area contributed by atoms with Gasteiger partial charge in [-0.15, -0.1) is 0 Å². The van der Waals surface area contributed by atoms with E-state index in [0.717, 1.165) is 69.5 Å². The Morgan fingerprint density at radius 1 is 0.614 bits per heavy atom. The molecule has 0 heterocycles. The van der Waals surface area contributed by atoms with Crippen LogP contribution in [0, 0.1) is 23.3 Å². The first kappa shape index (κ1) is 31.7. The Bertz CT molecular complexity index is 1710. The molecule has 2 atom stereocenters. The first-order valence-electron chi connectivity index (χ1n) is 15.0. The molecule has 0 N–H and O–H groups in total. The molecule has 4 aromatic rings. The van der Waals surface area contributed by atoms with Gasteiger partial charge in [0.15, 0.2) is 0 Å². The van der Waals surface area contributed by atoms with Crippen LogP contribution in [0.2, 0.25) is 13.1 Å². The molecule has 0 nitrogen and oxygen atoms in total. The van der Waals surface area contributed by atoms with E-state index in [2.05, 4.69) is 51.2 Å². The molecule has 4 aromatic carbocycles. The second kappa shape index (κ2) is 11.5. The van der Waals surface area contributed by atoms with Crippen LogP contribution >= 0.6 is 17.0 Å². The molecule has 44 heavy (non-hydrogen) atoms. The fourth-order valence-corrected chi connectivity index (χ4v) is 39.4. The number of fused-ring (bicyclic) bond motifs is 2. The van der Waals surface area contributed by atoms with E-state index in [1.807, 2.05) is 24.3 Å². The Labute approximate surface area is 265 Å². The quantitative estimate of drug-likeness (QED) is 0.131. The number of hydrogen-bond acceptors (Lipinski definition) is 0. The summed E-state index contributed by atoms with van der Waals surface area (Å²) < 4.78 is 57.0. The molecule has 8 heteroatoms. The van der Waals surface area contributed by atoms with Gasteiger partial charge in [0.25, 0.3) is 0 Å².